The van der Waals surface area contributed by atoms with Crippen LogP contribution in [-0.4, -0.2) is 24.7 Å². The van der Waals surface area contributed by atoms with Gasteiger partial charge in [-0.25, -0.2) is 0 Å². The van der Waals surface area contributed by atoms with E-state index in [4.69, 9.17) is 4.74 Å². The van der Waals surface area contributed by atoms with Crippen LogP contribution in [0.15, 0.2) is 48.5 Å². The first-order valence-corrected chi connectivity index (χ1v) is 7.13. The molecule has 0 saturated heterocycles. The number of anilines is 1. The van der Waals surface area contributed by atoms with Crippen LogP contribution in [0, 0.1) is 0 Å². The van der Waals surface area contributed by atoms with Gasteiger partial charge in [-0.3, -0.25) is 9.59 Å². The minimum Gasteiger partial charge on any atom is -0.483 e. The average molecular weight is 353 g/mol. The van der Waals surface area contributed by atoms with Crippen molar-refractivity contribution < 1.29 is 32.2 Å². The number of halogens is 3. The third-order valence-electron chi connectivity index (χ3n) is 3.00. The van der Waals surface area contributed by atoms with Gasteiger partial charge in [-0.05, 0) is 43.3 Å². The topological polar surface area (TPSA) is 64.6 Å². The van der Waals surface area contributed by atoms with Crippen molar-refractivity contribution in [1.82, 2.24) is 0 Å². The van der Waals surface area contributed by atoms with E-state index in [-0.39, 0.29) is 23.8 Å². The van der Waals surface area contributed by atoms with Gasteiger partial charge in [-0.15, -0.1) is 13.2 Å². The Kier molecular flexibility index (Phi) is 5.63. The van der Waals surface area contributed by atoms with Gasteiger partial charge in [-0.1, -0.05) is 12.1 Å². The molecule has 1 N–H and O–H groups in total. The Bertz CT molecular complexity index is 757. The van der Waals surface area contributed by atoms with Gasteiger partial charge in [0.2, 0.25) is 0 Å². The fraction of sp³-hybridized carbons (Fsp3) is 0.176. The molecule has 1 amide bonds. The zero-order chi connectivity index (χ0) is 18.4. The standard InChI is InChI=1S/C17H14F3NO4/c1-11(22)14-4-2-3-5-15(14)24-10-16(23)21-12-6-8-13(9-7-12)25-17(18,19)20/h2-9H,10H2,1H3,(H,21,23). The van der Waals surface area contributed by atoms with Crippen molar-refractivity contribution in [3.63, 3.8) is 0 Å². The van der Waals surface area contributed by atoms with Gasteiger partial charge < -0.3 is 14.8 Å². The lowest BCUT2D eigenvalue weighted by Gasteiger charge is -2.11. The molecule has 0 aliphatic rings. The molecule has 0 bridgehead atoms. The summed E-state index contributed by atoms with van der Waals surface area (Å²) in [5, 5.41) is 2.47. The fourth-order valence-electron chi connectivity index (χ4n) is 1.96. The van der Waals surface area contributed by atoms with E-state index in [9.17, 15) is 22.8 Å². The summed E-state index contributed by atoms with van der Waals surface area (Å²) in [5.41, 5.74) is 0.631. The van der Waals surface area contributed by atoms with Gasteiger partial charge in [0.05, 0.1) is 5.56 Å². The van der Waals surface area contributed by atoms with Crippen LogP contribution in [0.2, 0.25) is 0 Å². The Labute approximate surface area is 141 Å². The number of nitrogens with one attached hydrogen (secondary N) is 1. The second kappa shape index (κ2) is 7.69. The number of ether oxygens (including phenoxy) is 2. The molecule has 2 aromatic rings. The molecule has 0 heterocycles. The molecule has 0 aliphatic carbocycles. The molecule has 0 saturated carbocycles. The summed E-state index contributed by atoms with van der Waals surface area (Å²) in [5.74, 6) is -0.838. The maximum atomic E-state index is 12.1. The highest BCUT2D eigenvalue weighted by atomic mass is 19.4. The molecule has 0 aromatic heterocycles. The summed E-state index contributed by atoms with van der Waals surface area (Å²) in [6.45, 7) is 1.03. The van der Waals surface area contributed by atoms with Gasteiger partial charge in [0.1, 0.15) is 11.5 Å². The summed E-state index contributed by atoms with van der Waals surface area (Å²) in [7, 11) is 0. The summed E-state index contributed by atoms with van der Waals surface area (Å²) in [4.78, 5) is 23.3. The van der Waals surface area contributed by atoms with Crippen LogP contribution in [0.5, 0.6) is 11.5 Å². The number of carbonyl (C=O) groups is 2. The maximum absolute atomic E-state index is 12.1. The number of amides is 1. The van der Waals surface area contributed by atoms with Crippen molar-refractivity contribution in [3.05, 3.63) is 54.1 Å². The van der Waals surface area contributed by atoms with Crippen LogP contribution in [0.3, 0.4) is 0 Å². The summed E-state index contributed by atoms with van der Waals surface area (Å²) in [6, 6.07) is 11.2. The summed E-state index contributed by atoms with van der Waals surface area (Å²) < 4.78 is 45.3. The van der Waals surface area contributed by atoms with Crippen LogP contribution in [0.1, 0.15) is 17.3 Å². The predicted octanol–water partition coefficient (Wildman–Crippen LogP) is 3.81. The maximum Gasteiger partial charge on any atom is 0.573 e. The zero-order valence-corrected chi connectivity index (χ0v) is 13.1. The molecule has 8 heteroatoms. The van der Waals surface area contributed by atoms with Crippen molar-refractivity contribution in [2.75, 3.05) is 11.9 Å². The average Bonchev–Trinajstić information content (AvgIpc) is 2.53. The third kappa shape index (κ3) is 5.83. The lowest BCUT2D eigenvalue weighted by molar-refractivity contribution is -0.274. The summed E-state index contributed by atoms with van der Waals surface area (Å²) >= 11 is 0. The molecule has 0 aliphatic heterocycles. The third-order valence-corrected chi connectivity index (χ3v) is 3.00. The van der Waals surface area contributed by atoms with Crippen molar-refractivity contribution >= 4 is 17.4 Å². The number of para-hydroxylation sites is 1. The summed E-state index contributed by atoms with van der Waals surface area (Å²) in [6.07, 6.45) is -4.78. The lowest BCUT2D eigenvalue weighted by atomic mass is 10.1. The number of benzene rings is 2. The van der Waals surface area contributed by atoms with E-state index in [2.05, 4.69) is 10.1 Å². The van der Waals surface area contributed by atoms with Crippen molar-refractivity contribution in [2.45, 2.75) is 13.3 Å². The minimum atomic E-state index is -4.78. The SMILES string of the molecule is CC(=O)c1ccccc1OCC(=O)Nc1ccc(OC(F)(F)F)cc1. The molecule has 2 aromatic carbocycles. The lowest BCUT2D eigenvalue weighted by Crippen LogP contribution is -2.21. The van der Waals surface area contributed by atoms with Gasteiger partial charge in [0.15, 0.2) is 12.4 Å². The number of hydrogen-bond acceptors (Lipinski definition) is 4. The second-order valence-corrected chi connectivity index (χ2v) is 4.96. The Morgan fingerprint density at radius 2 is 1.68 bits per heavy atom. The molecule has 0 radical (unpaired) electrons. The number of rotatable bonds is 6. The number of carbonyl (C=O) groups excluding carboxylic acids is 2. The number of Topliss-reactive ketones (excluding diaryl/α,β-unsaturated/α-hetero) is 1. The van der Waals surface area contributed by atoms with E-state index in [0.29, 0.717) is 5.56 Å². The van der Waals surface area contributed by atoms with Crippen LogP contribution in [0.25, 0.3) is 0 Å². The smallest absolute Gasteiger partial charge is 0.483 e. The van der Waals surface area contributed by atoms with E-state index in [1.54, 1.807) is 24.3 Å². The first-order chi connectivity index (χ1) is 11.7. The molecular formula is C17H14F3NO4. The fourth-order valence-corrected chi connectivity index (χ4v) is 1.96. The van der Waals surface area contributed by atoms with Crippen LogP contribution in [-0.2, 0) is 4.79 Å². The molecule has 5 nitrogen and oxygen atoms in total. The highest BCUT2D eigenvalue weighted by Gasteiger charge is 2.30. The van der Waals surface area contributed by atoms with Gasteiger partial charge in [-0.2, -0.15) is 0 Å². The van der Waals surface area contributed by atoms with Crippen molar-refractivity contribution in [3.8, 4) is 11.5 Å². The number of ketones is 1. The van der Waals surface area contributed by atoms with Crippen molar-refractivity contribution in [1.29, 1.82) is 0 Å². The van der Waals surface area contributed by atoms with Gasteiger partial charge in [0, 0.05) is 5.69 Å². The van der Waals surface area contributed by atoms with E-state index < -0.39 is 18.0 Å². The monoisotopic (exact) mass is 353 g/mol. The first kappa shape index (κ1) is 18.3. The van der Waals surface area contributed by atoms with Crippen LogP contribution >= 0.6 is 0 Å². The first-order valence-electron chi connectivity index (χ1n) is 7.13. The second-order valence-electron chi connectivity index (χ2n) is 4.96. The molecular weight excluding hydrogens is 339 g/mol. The van der Waals surface area contributed by atoms with Gasteiger partial charge >= 0.3 is 6.36 Å². The normalized spacial score (nSPS) is 10.9. The van der Waals surface area contributed by atoms with Gasteiger partial charge in [0.25, 0.3) is 5.91 Å². The van der Waals surface area contributed by atoms with E-state index in [0.717, 1.165) is 12.1 Å². The Hall–Kier alpha value is -3.03. The molecule has 0 atom stereocenters. The Morgan fingerprint density at radius 3 is 2.28 bits per heavy atom. The van der Waals surface area contributed by atoms with E-state index in [1.165, 1.54) is 19.1 Å². The molecule has 132 valence electrons. The predicted molar refractivity (Wildman–Crippen MR) is 83.7 cm³/mol. The van der Waals surface area contributed by atoms with Crippen molar-refractivity contribution in [2.24, 2.45) is 0 Å². The Morgan fingerprint density at radius 1 is 1.04 bits per heavy atom. The molecule has 2 rings (SSSR count). The molecule has 0 fully saturated rings. The largest absolute Gasteiger partial charge is 0.573 e. The molecule has 25 heavy (non-hydrogen) atoms. The van der Waals surface area contributed by atoms with Crippen LogP contribution in [0.4, 0.5) is 18.9 Å². The highest BCUT2D eigenvalue weighted by molar-refractivity contribution is 5.97. The van der Waals surface area contributed by atoms with E-state index >= 15 is 0 Å². The quantitative estimate of drug-likeness (QED) is 0.802. The van der Waals surface area contributed by atoms with E-state index in [1.807, 2.05) is 0 Å². The molecule has 0 spiro atoms. The minimum absolute atomic E-state index is 0.198. The van der Waals surface area contributed by atoms with Crippen LogP contribution < -0.4 is 14.8 Å². The zero-order valence-electron chi connectivity index (χ0n) is 13.1. The number of alkyl halides is 3. The highest BCUT2D eigenvalue weighted by Crippen LogP contribution is 2.24. The molecule has 0 unspecified atom stereocenters. The number of hydrogen-bond donors (Lipinski definition) is 1. The Balaban J connectivity index is 1.92.